The van der Waals surface area contributed by atoms with Crippen LogP contribution in [0.5, 0.6) is 0 Å². The van der Waals surface area contributed by atoms with Gasteiger partial charge in [0.05, 0.1) is 0 Å². The Balaban J connectivity index is 0.000000956. The smallest absolute Gasteiger partial charge is 0.176 e. The second-order valence-corrected chi connectivity index (χ2v) is 18.3. The quantitative estimate of drug-likeness (QED) is 0.150. The van der Waals surface area contributed by atoms with Crippen LogP contribution in [0.4, 0.5) is 0 Å². The molecular formula is C33H51NP2PdSe. The van der Waals surface area contributed by atoms with Gasteiger partial charge in [-0.2, -0.15) is 35.4 Å². The van der Waals surface area contributed by atoms with E-state index in [4.69, 9.17) is 5.26 Å². The molecule has 0 N–H and O–H groups in total. The molecule has 214 valence electrons. The molecule has 0 amide bonds. The average molecular weight is 709 g/mol. The van der Waals surface area contributed by atoms with Crippen molar-refractivity contribution in [2.24, 2.45) is 0 Å². The summed E-state index contributed by atoms with van der Waals surface area (Å²) in [4.78, 5) is 1.62. The van der Waals surface area contributed by atoms with Crippen molar-refractivity contribution in [2.45, 2.75) is 163 Å². The van der Waals surface area contributed by atoms with Crippen molar-refractivity contribution in [3.8, 4) is 4.97 Å². The van der Waals surface area contributed by atoms with Crippen LogP contribution < -0.4 is 0 Å². The third-order valence-electron chi connectivity index (χ3n) is 9.80. The molecule has 0 radical (unpaired) electrons. The molecule has 4 aliphatic rings. The zero-order chi connectivity index (χ0) is 25.7. The fraction of sp³-hybridized carbons (Fsp3) is 0.788. The number of rotatable bonds is 8. The largest absolute Gasteiger partial charge is 2.00 e. The molecule has 0 bridgehead atoms. The van der Waals surface area contributed by atoms with Crippen LogP contribution in [0.3, 0.4) is 0 Å². The molecule has 0 saturated heterocycles. The van der Waals surface area contributed by atoms with Crippen molar-refractivity contribution in [2.75, 3.05) is 0 Å². The van der Waals surface area contributed by atoms with E-state index >= 15 is 0 Å². The third-order valence-corrected chi connectivity index (χ3v) is 17.0. The van der Waals surface area contributed by atoms with E-state index in [1.165, 1.54) is 141 Å². The number of nitrogens with zero attached hydrogens (tertiary/aromatic N) is 1. The van der Waals surface area contributed by atoms with Crippen LogP contribution in [0.15, 0.2) is 18.2 Å². The monoisotopic (exact) mass is 709 g/mol. The van der Waals surface area contributed by atoms with E-state index in [9.17, 15) is 0 Å². The fourth-order valence-corrected chi connectivity index (χ4v) is 15.4. The SMILES string of the molecule is N#C[Se-].[Pd+2].[c-]1c(CP(C2CCCCC2)C2CCCCC2)cccc1CP(C1CCCCC1)C1CCCCC1. The van der Waals surface area contributed by atoms with Gasteiger partial charge in [0.15, 0.2) is 0 Å². The summed E-state index contributed by atoms with van der Waals surface area (Å²) < 4.78 is 0. The van der Waals surface area contributed by atoms with Gasteiger partial charge in [0.1, 0.15) is 0 Å². The molecule has 1 aromatic carbocycles. The van der Waals surface area contributed by atoms with Gasteiger partial charge in [-0.15, -0.1) is 0 Å². The Labute approximate surface area is 259 Å². The number of hydrogen-bond acceptors (Lipinski definition) is 1. The van der Waals surface area contributed by atoms with E-state index < -0.39 is 0 Å². The standard InChI is InChI=1S/C32H51P2.CHNSe.Pd/c1-5-16-29(17-6-1)33(30-18-7-2-8-19-30)25-27-14-13-15-28(24-27)26-34(31-20-9-3-10-21-31)32-22-11-4-12-23-32;2-1-3;/h13-15,29-32H,1-12,16-23,25-26H2;3H;/q-1;;+2/p-1. The molecule has 0 aliphatic heterocycles. The summed E-state index contributed by atoms with van der Waals surface area (Å²) in [6.07, 6.45) is 33.1. The Morgan fingerprint density at radius 3 is 1.13 bits per heavy atom. The van der Waals surface area contributed by atoms with Crippen molar-refractivity contribution in [3.05, 3.63) is 35.4 Å². The van der Waals surface area contributed by atoms with Crippen LogP contribution in [-0.2, 0) is 32.7 Å². The normalized spacial score (nSPS) is 22.3. The van der Waals surface area contributed by atoms with Crippen LogP contribution in [0, 0.1) is 16.3 Å². The van der Waals surface area contributed by atoms with Crippen molar-refractivity contribution >= 4 is 31.9 Å². The Hall–Kier alpha value is 0.752. The van der Waals surface area contributed by atoms with Crippen LogP contribution in [0.1, 0.15) is 140 Å². The van der Waals surface area contributed by atoms with Crippen LogP contribution in [0.2, 0.25) is 0 Å². The number of nitriles is 1. The average Bonchev–Trinajstić information content (AvgIpc) is 2.97. The molecule has 1 nitrogen and oxygen atoms in total. The van der Waals surface area contributed by atoms with Crippen LogP contribution in [0.25, 0.3) is 0 Å². The molecule has 0 spiro atoms. The van der Waals surface area contributed by atoms with Gasteiger partial charge in [-0.3, -0.25) is 0 Å². The van der Waals surface area contributed by atoms with Gasteiger partial charge in [0.25, 0.3) is 0 Å². The second kappa shape index (κ2) is 19.0. The third kappa shape index (κ3) is 10.5. The minimum atomic E-state index is 0. The number of hydrogen-bond donors (Lipinski definition) is 0. The fourth-order valence-electron chi connectivity index (χ4n) is 7.91. The molecule has 4 aliphatic carbocycles. The van der Waals surface area contributed by atoms with E-state index in [1.807, 2.05) is 0 Å². The number of benzene rings is 1. The Kier molecular flexibility index (Phi) is 16.7. The van der Waals surface area contributed by atoms with Gasteiger partial charge in [0, 0.05) is 0 Å². The van der Waals surface area contributed by atoms with E-state index in [0.717, 1.165) is 22.6 Å². The summed E-state index contributed by atoms with van der Waals surface area (Å²) in [6, 6.07) is 11.4. The van der Waals surface area contributed by atoms with E-state index in [0.29, 0.717) is 0 Å². The van der Waals surface area contributed by atoms with Gasteiger partial charge in [-0.1, -0.05) is 92.9 Å². The summed E-state index contributed by atoms with van der Waals surface area (Å²) in [7, 11) is 0.288. The van der Waals surface area contributed by atoms with E-state index in [2.05, 4.69) is 40.3 Å². The zero-order valence-corrected chi connectivity index (χ0v) is 28.7. The zero-order valence-electron chi connectivity index (χ0n) is 23.7. The van der Waals surface area contributed by atoms with Crippen LogP contribution in [-0.4, -0.2) is 38.6 Å². The first kappa shape index (κ1) is 33.3. The summed E-state index contributed by atoms with van der Waals surface area (Å²) in [6.45, 7) is 0. The van der Waals surface area contributed by atoms with Crippen LogP contribution >= 0.6 is 15.8 Å². The minimum Gasteiger partial charge on any atom is -0.176 e. The molecule has 5 rings (SSSR count). The maximum absolute atomic E-state index is 7.26. The maximum atomic E-state index is 7.26. The summed E-state index contributed by atoms with van der Waals surface area (Å²) in [5.41, 5.74) is 7.44. The molecule has 0 unspecified atom stereocenters. The molecule has 4 saturated carbocycles. The predicted molar refractivity (Wildman–Crippen MR) is 165 cm³/mol. The molecule has 5 heteroatoms. The first-order chi connectivity index (χ1) is 18.3. The molecule has 1 aromatic rings. The molecule has 38 heavy (non-hydrogen) atoms. The van der Waals surface area contributed by atoms with E-state index in [1.54, 1.807) is 16.1 Å². The summed E-state index contributed by atoms with van der Waals surface area (Å²) in [5.74, 6) is 0. The molecule has 0 heterocycles. The minimum absolute atomic E-state index is 0. The summed E-state index contributed by atoms with van der Waals surface area (Å²) in [5, 5.41) is 7.26. The van der Waals surface area contributed by atoms with Gasteiger partial charge in [-0.05, 0) is 86.3 Å². The molecule has 0 atom stereocenters. The van der Waals surface area contributed by atoms with Gasteiger partial charge in [-0.25, -0.2) is 0 Å². The van der Waals surface area contributed by atoms with E-state index in [-0.39, 0.29) is 36.3 Å². The van der Waals surface area contributed by atoms with Crippen molar-refractivity contribution in [1.82, 2.24) is 0 Å². The Morgan fingerprint density at radius 2 is 0.868 bits per heavy atom. The topological polar surface area (TPSA) is 23.8 Å². The van der Waals surface area contributed by atoms with Gasteiger partial charge < -0.3 is 0 Å². The Bertz CT molecular complexity index is 712. The maximum Gasteiger partial charge on any atom is 2.00 e. The van der Waals surface area contributed by atoms with Gasteiger partial charge >= 0.3 is 46.7 Å². The van der Waals surface area contributed by atoms with Crippen molar-refractivity contribution in [1.29, 1.82) is 5.26 Å². The predicted octanol–water partition coefficient (Wildman–Crippen LogP) is 10.4. The first-order valence-corrected chi connectivity index (χ1v) is 20.0. The second-order valence-electron chi connectivity index (χ2n) is 12.3. The van der Waals surface area contributed by atoms with Gasteiger partial charge in [0.2, 0.25) is 0 Å². The van der Waals surface area contributed by atoms with Crippen molar-refractivity contribution < 1.29 is 20.4 Å². The van der Waals surface area contributed by atoms with Crippen molar-refractivity contribution in [3.63, 3.8) is 0 Å². The molecular weight excluding hydrogens is 658 g/mol. The Morgan fingerprint density at radius 1 is 0.605 bits per heavy atom. The summed E-state index contributed by atoms with van der Waals surface area (Å²) >= 11 is 2.11. The first-order valence-electron chi connectivity index (χ1n) is 15.8. The molecule has 4 fully saturated rings. The molecule has 0 aromatic heterocycles.